The lowest BCUT2D eigenvalue weighted by molar-refractivity contribution is -0.174. The molecule has 0 radical (unpaired) electrons. The molecule has 1 fully saturated rings. The smallest absolute Gasteiger partial charge is 0.346 e. The van der Waals surface area contributed by atoms with Crippen molar-refractivity contribution in [3.05, 3.63) is 0 Å². The van der Waals surface area contributed by atoms with Gasteiger partial charge in [0.25, 0.3) is 0 Å². The molecule has 3 nitrogen and oxygen atoms in total. The summed E-state index contributed by atoms with van der Waals surface area (Å²) in [5.74, 6) is -1.85. The van der Waals surface area contributed by atoms with Crippen molar-refractivity contribution in [3.8, 4) is 0 Å². The van der Waals surface area contributed by atoms with Crippen LogP contribution in [-0.2, 0) is 4.79 Å². The minimum atomic E-state index is -4.78. The van der Waals surface area contributed by atoms with Gasteiger partial charge < -0.3 is 11.1 Å². The molecule has 1 aliphatic rings. The van der Waals surface area contributed by atoms with E-state index in [0.717, 1.165) is 0 Å². The monoisotopic (exact) mass is 210 g/mol. The summed E-state index contributed by atoms with van der Waals surface area (Å²) in [6, 6.07) is -0.307. The first kappa shape index (κ1) is 11.3. The highest BCUT2D eigenvalue weighted by molar-refractivity contribution is 5.81. The topological polar surface area (TPSA) is 55.1 Å². The highest BCUT2D eigenvalue weighted by Crippen LogP contribution is 2.20. The van der Waals surface area contributed by atoms with E-state index in [-0.39, 0.29) is 12.1 Å². The lowest BCUT2D eigenvalue weighted by Gasteiger charge is -2.26. The molecule has 1 amide bonds. The summed E-state index contributed by atoms with van der Waals surface area (Å²) in [4.78, 5) is 10.5. The zero-order valence-corrected chi connectivity index (χ0v) is 7.60. The van der Waals surface area contributed by atoms with Crippen molar-refractivity contribution in [2.75, 3.05) is 0 Å². The standard InChI is InChI=1S/C8H13F3N2O/c9-8(10,11)7(14)13-6-3-1-5(12)2-4-6/h5-6H,1-4,12H2,(H,13,14). The van der Waals surface area contributed by atoms with Crippen molar-refractivity contribution >= 4 is 5.91 Å². The summed E-state index contributed by atoms with van der Waals surface area (Å²) in [6.45, 7) is 0. The van der Waals surface area contributed by atoms with E-state index in [1.54, 1.807) is 0 Å². The van der Waals surface area contributed by atoms with Crippen LogP contribution in [0.15, 0.2) is 0 Å². The van der Waals surface area contributed by atoms with Crippen LogP contribution in [0.2, 0.25) is 0 Å². The molecule has 1 rings (SSSR count). The first-order valence-electron chi connectivity index (χ1n) is 4.53. The Morgan fingerprint density at radius 3 is 2.14 bits per heavy atom. The molecule has 0 aromatic carbocycles. The van der Waals surface area contributed by atoms with Gasteiger partial charge in [0.2, 0.25) is 0 Å². The van der Waals surface area contributed by atoms with Gasteiger partial charge in [0.05, 0.1) is 0 Å². The fourth-order valence-corrected chi connectivity index (χ4v) is 1.53. The van der Waals surface area contributed by atoms with Crippen molar-refractivity contribution in [1.82, 2.24) is 5.32 Å². The third-order valence-electron chi connectivity index (χ3n) is 2.36. The van der Waals surface area contributed by atoms with Gasteiger partial charge in [-0.05, 0) is 25.7 Å². The van der Waals surface area contributed by atoms with Crippen LogP contribution < -0.4 is 11.1 Å². The van der Waals surface area contributed by atoms with Crippen LogP contribution >= 0.6 is 0 Å². The molecule has 14 heavy (non-hydrogen) atoms. The second-order valence-electron chi connectivity index (χ2n) is 3.58. The van der Waals surface area contributed by atoms with Crippen molar-refractivity contribution in [3.63, 3.8) is 0 Å². The molecule has 0 aromatic rings. The molecule has 0 aromatic heterocycles. The maximum absolute atomic E-state index is 11.8. The molecule has 6 heteroatoms. The number of alkyl halides is 3. The molecule has 82 valence electrons. The van der Waals surface area contributed by atoms with E-state index < -0.39 is 12.1 Å². The molecule has 0 aliphatic heterocycles. The first-order chi connectivity index (χ1) is 6.39. The summed E-state index contributed by atoms with van der Waals surface area (Å²) >= 11 is 0. The van der Waals surface area contributed by atoms with Gasteiger partial charge in [-0.2, -0.15) is 13.2 Å². The average molecular weight is 210 g/mol. The van der Waals surface area contributed by atoms with E-state index in [1.807, 2.05) is 5.32 Å². The normalized spacial score (nSPS) is 28.6. The lowest BCUT2D eigenvalue weighted by Crippen LogP contribution is -2.45. The first-order valence-corrected chi connectivity index (χ1v) is 4.53. The van der Waals surface area contributed by atoms with Gasteiger partial charge in [0, 0.05) is 12.1 Å². The molecule has 0 atom stereocenters. The molecule has 0 unspecified atom stereocenters. The van der Waals surface area contributed by atoms with E-state index in [9.17, 15) is 18.0 Å². The Morgan fingerprint density at radius 2 is 1.71 bits per heavy atom. The SMILES string of the molecule is NC1CCC(NC(=O)C(F)(F)F)CC1. The molecule has 0 saturated heterocycles. The minimum absolute atomic E-state index is 0.0639. The summed E-state index contributed by atoms with van der Waals surface area (Å²) in [7, 11) is 0. The molecule has 1 saturated carbocycles. The fraction of sp³-hybridized carbons (Fsp3) is 0.875. The van der Waals surface area contributed by atoms with Crippen LogP contribution in [0.5, 0.6) is 0 Å². The van der Waals surface area contributed by atoms with Crippen LogP contribution in [0.25, 0.3) is 0 Å². The molecule has 0 spiro atoms. The predicted molar refractivity (Wildman–Crippen MR) is 44.4 cm³/mol. The molecule has 1 aliphatic carbocycles. The van der Waals surface area contributed by atoms with E-state index in [4.69, 9.17) is 5.73 Å². The van der Waals surface area contributed by atoms with Crippen LogP contribution in [0.1, 0.15) is 25.7 Å². The van der Waals surface area contributed by atoms with Crippen LogP contribution in [0, 0.1) is 0 Å². The molecular weight excluding hydrogens is 197 g/mol. The lowest BCUT2D eigenvalue weighted by atomic mass is 9.92. The van der Waals surface area contributed by atoms with E-state index in [0.29, 0.717) is 25.7 Å². The Bertz CT molecular complexity index is 209. The van der Waals surface area contributed by atoms with Gasteiger partial charge in [-0.25, -0.2) is 0 Å². The number of hydrogen-bond donors (Lipinski definition) is 2. The van der Waals surface area contributed by atoms with Crippen LogP contribution in [-0.4, -0.2) is 24.2 Å². The number of carbonyl (C=O) groups excluding carboxylic acids is 1. The Kier molecular flexibility index (Phi) is 3.36. The average Bonchev–Trinajstić information content (AvgIpc) is 2.07. The number of amides is 1. The summed E-state index contributed by atoms with van der Waals surface area (Å²) < 4.78 is 35.5. The van der Waals surface area contributed by atoms with Crippen molar-refractivity contribution in [2.45, 2.75) is 43.9 Å². The Labute approximate surface area is 79.8 Å². The van der Waals surface area contributed by atoms with Gasteiger partial charge in [-0.15, -0.1) is 0 Å². The zero-order valence-electron chi connectivity index (χ0n) is 7.60. The third kappa shape index (κ3) is 3.17. The zero-order chi connectivity index (χ0) is 10.8. The molecule has 3 N–H and O–H groups in total. The van der Waals surface area contributed by atoms with Gasteiger partial charge in [-0.1, -0.05) is 0 Å². The maximum Gasteiger partial charge on any atom is 0.471 e. The Hall–Kier alpha value is -0.780. The Morgan fingerprint density at radius 1 is 1.21 bits per heavy atom. The van der Waals surface area contributed by atoms with Crippen LogP contribution in [0.3, 0.4) is 0 Å². The highest BCUT2D eigenvalue weighted by Gasteiger charge is 2.39. The van der Waals surface area contributed by atoms with Gasteiger partial charge >= 0.3 is 12.1 Å². The highest BCUT2D eigenvalue weighted by atomic mass is 19.4. The number of hydrogen-bond acceptors (Lipinski definition) is 2. The van der Waals surface area contributed by atoms with Gasteiger partial charge in [-0.3, -0.25) is 4.79 Å². The van der Waals surface area contributed by atoms with E-state index >= 15 is 0 Å². The summed E-state index contributed by atoms with van der Waals surface area (Å²) in [6.07, 6.45) is -2.38. The minimum Gasteiger partial charge on any atom is -0.346 e. The van der Waals surface area contributed by atoms with Crippen molar-refractivity contribution in [2.24, 2.45) is 5.73 Å². The molecule has 0 bridgehead atoms. The molecular formula is C8H13F3N2O. The Balaban J connectivity index is 2.35. The largest absolute Gasteiger partial charge is 0.471 e. The number of rotatable bonds is 1. The number of nitrogens with two attached hydrogens (primary N) is 1. The fourth-order valence-electron chi connectivity index (χ4n) is 1.53. The summed E-state index contributed by atoms with van der Waals surface area (Å²) in [5.41, 5.74) is 5.58. The quantitative estimate of drug-likeness (QED) is 0.676. The third-order valence-corrected chi connectivity index (χ3v) is 2.36. The number of carbonyl (C=O) groups is 1. The van der Waals surface area contributed by atoms with E-state index in [2.05, 4.69) is 0 Å². The second-order valence-corrected chi connectivity index (χ2v) is 3.58. The van der Waals surface area contributed by atoms with Gasteiger partial charge in [0.15, 0.2) is 0 Å². The second kappa shape index (κ2) is 4.16. The van der Waals surface area contributed by atoms with Gasteiger partial charge in [0.1, 0.15) is 0 Å². The van der Waals surface area contributed by atoms with Crippen LogP contribution in [0.4, 0.5) is 13.2 Å². The van der Waals surface area contributed by atoms with E-state index in [1.165, 1.54) is 0 Å². The maximum atomic E-state index is 11.8. The predicted octanol–water partition coefficient (Wildman–Crippen LogP) is 0.935. The number of nitrogens with one attached hydrogen (secondary N) is 1. The number of halogens is 3. The van der Waals surface area contributed by atoms with Crippen molar-refractivity contribution in [1.29, 1.82) is 0 Å². The summed E-state index contributed by atoms with van der Waals surface area (Å²) in [5, 5.41) is 1.96. The van der Waals surface area contributed by atoms with Crippen molar-refractivity contribution < 1.29 is 18.0 Å². The molecule has 0 heterocycles.